The normalized spacial score (nSPS) is 10.9. The first-order chi connectivity index (χ1) is 13.1. The van der Waals surface area contributed by atoms with E-state index in [0.717, 1.165) is 11.1 Å². The molecule has 2 heterocycles. The summed E-state index contributed by atoms with van der Waals surface area (Å²) in [4.78, 5) is 8.55. The summed E-state index contributed by atoms with van der Waals surface area (Å²) in [5.74, 6) is 0.112. The van der Waals surface area contributed by atoms with E-state index in [9.17, 15) is 0 Å². The van der Waals surface area contributed by atoms with E-state index in [2.05, 4.69) is 9.97 Å². The zero-order chi connectivity index (χ0) is 19.0. The Morgan fingerprint density at radius 2 is 1.70 bits per heavy atom. The molecule has 5 nitrogen and oxygen atoms in total. The first kappa shape index (κ1) is 16.8. The Kier molecular flexibility index (Phi) is 4.08. The number of nitrogen functional groups attached to an aromatic ring is 2. The standard InChI is InChI=1S/C21H17FN4O/c1-27-21-16(23)10-14(11-25-21)13-7-8-17-15(9-13)19(22)18(20(24)26-17)12-5-3-2-4-6-12/h2-11H,23H2,1H3,(H2,24,26). The van der Waals surface area contributed by atoms with Crippen molar-refractivity contribution < 1.29 is 9.13 Å². The van der Waals surface area contributed by atoms with Crippen molar-refractivity contribution in [2.45, 2.75) is 0 Å². The van der Waals surface area contributed by atoms with Crippen LogP contribution in [0.5, 0.6) is 5.88 Å². The van der Waals surface area contributed by atoms with Crippen LogP contribution in [-0.2, 0) is 0 Å². The predicted octanol–water partition coefficient (Wildman–Crippen LogP) is 4.28. The van der Waals surface area contributed by atoms with Crippen molar-refractivity contribution in [3.63, 3.8) is 0 Å². The number of anilines is 2. The number of benzene rings is 2. The van der Waals surface area contributed by atoms with Crippen molar-refractivity contribution in [1.29, 1.82) is 0 Å². The molecule has 0 aliphatic heterocycles. The number of rotatable bonds is 3. The summed E-state index contributed by atoms with van der Waals surface area (Å²) in [6, 6.07) is 16.2. The van der Waals surface area contributed by atoms with Gasteiger partial charge >= 0.3 is 0 Å². The highest BCUT2D eigenvalue weighted by Crippen LogP contribution is 2.34. The third-order valence-electron chi connectivity index (χ3n) is 4.42. The number of aromatic nitrogens is 2. The molecule has 2 aromatic heterocycles. The van der Waals surface area contributed by atoms with E-state index in [1.807, 2.05) is 24.3 Å². The fourth-order valence-corrected chi connectivity index (χ4v) is 3.10. The van der Waals surface area contributed by atoms with Crippen molar-refractivity contribution in [3.05, 3.63) is 66.6 Å². The quantitative estimate of drug-likeness (QED) is 0.569. The number of halogens is 1. The molecule has 2 aromatic carbocycles. The lowest BCUT2D eigenvalue weighted by molar-refractivity contribution is 0.400. The van der Waals surface area contributed by atoms with E-state index in [1.54, 1.807) is 36.5 Å². The smallest absolute Gasteiger partial charge is 0.236 e. The lowest BCUT2D eigenvalue weighted by atomic mass is 10.00. The maximum atomic E-state index is 15.3. The highest BCUT2D eigenvalue weighted by Gasteiger charge is 2.16. The Morgan fingerprint density at radius 3 is 2.41 bits per heavy atom. The Bertz CT molecular complexity index is 1150. The molecule has 4 aromatic rings. The third-order valence-corrected chi connectivity index (χ3v) is 4.42. The minimum atomic E-state index is -0.403. The van der Waals surface area contributed by atoms with Gasteiger partial charge in [0.25, 0.3) is 0 Å². The van der Waals surface area contributed by atoms with E-state index in [-0.39, 0.29) is 5.82 Å². The summed E-state index contributed by atoms with van der Waals surface area (Å²) < 4.78 is 20.4. The number of nitrogens with two attached hydrogens (primary N) is 2. The fourth-order valence-electron chi connectivity index (χ4n) is 3.10. The zero-order valence-electron chi connectivity index (χ0n) is 14.6. The number of hydrogen-bond acceptors (Lipinski definition) is 5. The van der Waals surface area contributed by atoms with Gasteiger partial charge in [0, 0.05) is 17.1 Å². The van der Waals surface area contributed by atoms with Crippen LogP contribution in [0.25, 0.3) is 33.2 Å². The molecule has 27 heavy (non-hydrogen) atoms. The van der Waals surface area contributed by atoms with Gasteiger partial charge in [-0.15, -0.1) is 0 Å². The van der Waals surface area contributed by atoms with Gasteiger partial charge in [0.2, 0.25) is 5.88 Å². The van der Waals surface area contributed by atoms with Crippen molar-refractivity contribution >= 4 is 22.4 Å². The molecular weight excluding hydrogens is 343 g/mol. The maximum absolute atomic E-state index is 15.3. The summed E-state index contributed by atoms with van der Waals surface area (Å²) in [6.45, 7) is 0. The molecule has 0 amide bonds. The van der Waals surface area contributed by atoms with Gasteiger partial charge in [-0.05, 0) is 29.3 Å². The SMILES string of the molecule is COc1ncc(-c2ccc3nc(N)c(-c4ccccc4)c(F)c3c2)cc1N. The molecule has 0 aliphatic carbocycles. The summed E-state index contributed by atoms with van der Waals surface area (Å²) in [5.41, 5.74) is 15.4. The lowest BCUT2D eigenvalue weighted by Gasteiger charge is -2.11. The van der Waals surface area contributed by atoms with Crippen LogP contribution < -0.4 is 16.2 Å². The molecule has 6 heteroatoms. The molecule has 0 bridgehead atoms. The summed E-state index contributed by atoms with van der Waals surface area (Å²) in [5, 5.41) is 0.384. The Balaban J connectivity index is 1.90. The molecular formula is C21H17FN4O. The number of hydrogen-bond donors (Lipinski definition) is 2. The lowest BCUT2D eigenvalue weighted by Crippen LogP contribution is -2.00. The second-order valence-electron chi connectivity index (χ2n) is 6.11. The van der Waals surface area contributed by atoms with Crippen LogP contribution >= 0.6 is 0 Å². The highest BCUT2D eigenvalue weighted by atomic mass is 19.1. The molecule has 0 fully saturated rings. The molecule has 4 N–H and O–H groups in total. The molecule has 0 aliphatic rings. The second-order valence-corrected chi connectivity index (χ2v) is 6.11. The van der Waals surface area contributed by atoms with E-state index in [1.165, 1.54) is 7.11 Å². The van der Waals surface area contributed by atoms with Crippen LogP contribution in [0, 0.1) is 5.82 Å². The van der Waals surface area contributed by atoms with Crippen molar-refractivity contribution in [3.8, 4) is 28.1 Å². The second kappa shape index (κ2) is 6.57. The minimum Gasteiger partial charge on any atom is -0.480 e. The van der Waals surface area contributed by atoms with Crippen molar-refractivity contribution in [2.75, 3.05) is 18.6 Å². The number of pyridine rings is 2. The topological polar surface area (TPSA) is 87.0 Å². The first-order valence-corrected chi connectivity index (χ1v) is 8.32. The number of ether oxygens (including phenoxy) is 1. The number of fused-ring (bicyclic) bond motifs is 1. The van der Waals surface area contributed by atoms with Gasteiger partial charge in [0.15, 0.2) is 0 Å². The Morgan fingerprint density at radius 1 is 0.926 bits per heavy atom. The zero-order valence-corrected chi connectivity index (χ0v) is 14.6. The van der Waals surface area contributed by atoms with Crippen LogP contribution in [0.1, 0.15) is 0 Å². The largest absolute Gasteiger partial charge is 0.480 e. The molecule has 0 atom stereocenters. The summed E-state index contributed by atoms with van der Waals surface area (Å²) >= 11 is 0. The van der Waals surface area contributed by atoms with E-state index in [4.69, 9.17) is 16.2 Å². The van der Waals surface area contributed by atoms with Crippen LogP contribution in [-0.4, -0.2) is 17.1 Å². The van der Waals surface area contributed by atoms with Crippen molar-refractivity contribution in [2.24, 2.45) is 0 Å². The van der Waals surface area contributed by atoms with Crippen LogP contribution in [0.2, 0.25) is 0 Å². The van der Waals surface area contributed by atoms with Gasteiger partial charge in [0.1, 0.15) is 11.6 Å². The molecule has 0 saturated carbocycles. The van der Waals surface area contributed by atoms with Crippen LogP contribution in [0.4, 0.5) is 15.9 Å². The predicted molar refractivity (Wildman–Crippen MR) is 106 cm³/mol. The fraction of sp³-hybridized carbons (Fsp3) is 0.0476. The van der Waals surface area contributed by atoms with Gasteiger partial charge in [-0.25, -0.2) is 14.4 Å². The van der Waals surface area contributed by atoms with Gasteiger partial charge in [-0.3, -0.25) is 0 Å². The molecule has 0 saturated heterocycles. The molecule has 4 rings (SSSR count). The molecule has 0 unspecified atom stereocenters. The van der Waals surface area contributed by atoms with Crippen LogP contribution in [0.15, 0.2) is 60.8 Å². The van der Waals surface area contributed by atoms with Crippen molar-refractivity contribution in [1.82, 2.24) is 9.97 Å². The monoisotopic (exact) mass is 360 g/mol. The van der Waals surface area contributed by atoms with E-state index >= 15 is 4.39 Å². The average Bonchev–Trinajstić information content (AvgIpc) is 2.68. The highest BCUT2D eigenvalue weighted by molar-refractivity contribution is 5.92. The molecule has 0 spiro atoms. The molecule has 0 radical (unpaired) electrons. The Labute approximate surface area is 155 Å². The van der Waals surface area contributed by atoms with E-state index in [0.29, 0.717) is 33.6 Å². The van der Waals surface area contributed by atoms with Crippen LogP contribution in [0.3, 0.4) is 0 Å². The van der Waals surface area contributed by atoms with E-state index < -0.39 is 5.82 Å². The van der Waals surface area contributed by atoms with Gasteiger partial charge in [-0.1, -0.05) is 36.4 Å². The van der Waals surface area contributed by atoms with Gasteiger partial charge in [0.05, 0.1) is 23.9 Å². The van der Waals surface area contributed by atoms with Gasteiger partial charge in [-0.2, -0.15) is 0 Å². The number of nitrogens with zero attached hydrogens (tertiary/aromatic N) is 2. The average molecular weight is 360 g/mol. The maximum Gasteiger partial charge on any atom is 0.236 e. The Hall–Kier alpha value is -3.67. The first-order valence-electron chi connectivity index (χ1n) is 8.32. The summed E-state index contributed by atoms with van der Waals surface area (Å²) in [7, 11) is 1.50. The van der Waals surface area contributed by atoms with Gasteiger partial charge < -0.3 is 16.2 Å². The minimum absolute atomic E-state index is 0.161. The number of methoxy groups -OCH3 is 1. The third kappa shape index (κ3) is 2.91. The summed E-state index contributed by atoms with van der Waals surface area (Å²) in [6.07, 6.45) is 1.64. The molecule has 134 valence electrons.